The predicted octanol–water partition coefficient (Wildman–Crippen LogP) is 3.59. The molecule has 1 unspecified atom stereocenters. The largest absolute Gasteiger partial charge is 0.487 e. The lowest BCUT2D eigenvalue weighted by Gasteiger charge is -2.33. The predicted molar refractivity (Wildman–Crippen MR) is 103 cm³/mol. The Kier molecular flexibility index (Phi) is 6.55. The second kappa shape index (κ2) is 8.66. The Morgan fingerprint density at radius 1 is 1.26 bits per heavy atom. The van der Waals surface area contributed by atoms with Gasteiger partial charge in [0.15, 0.2) is 0 Å². The highest BCUT2D eigenvalue weighted by molar-refractivity contribution is 5.95. The van der Waals surface area contributed by atoms with Crippen LogP contribution in [0, 0.1) is 12.8 Å². The van der Waals surface area contributed by atoms with Crippen molar-refractivity contribution in [2.75, 3.05) is 0 Å². The monoisotopic (exact) mass is 370 g/mol. The van der Waals surface area contributed by atoms with Crippen LogP contribution in [0.15, 0.2) is 42.6 Å². The summed E-state index contributed by atoms with van der Waals surface area (Å²) in [7, 11) is 0. The van der Waals surface area contributed by atoms with E-state index in [2.05, 4.69) is 10.3 Å². The lowest BCUT2D eigenvalue weighted by Crippen LogP contribution is -2.51. The van der Waals surface area contributed by atoms with E-state index in [0.717, 1.165) is 11.3 Å². The van der Waals surface area contributed by atoms with E-state index >= 15 is 0 Å². The molecule has 0 aliphatic rings. The number of ether oxygens (including phenoxy) is 1. The Balaban J connectivity index is 2.07. The van der Waals surface area contributed by atoms with Crippen LogP contribution in [0.5, 0.6) is 5.75 Å². The van der Waals surface area contributed by atoms with Gasteiger partial charge in [-0.05, 0) is 49.6 Å². The number of nitrogens with one attached hydrogen (secondary N) is 1. The van der Waals surface area contributed by atoms with Gasteiger partial charge in [0.05, 0.1) is 18.2 Å². The fourth-order valence-corrected chi connectivity index (χ4v) is 2.55. The number of hydrogen-bond donors (Lipinski definition) is 2. The number of aromatic nitrogens is 1. The van der Waals surface area contributed by atoms with Crippen LogP contribution in [0.1, 0.15) is 48.8 Å². The fourth-order valence-electron chi connectivity index (χ4n) is 2.55. The number of carbonyl (C=O) groups is 2. The van der Waals surface area contributed by atoms with Crippen LogP contribution in [0.2, 0.25) is 0 Å². The van der Waals surface area contributed by atoms with E-state index in [4.69, 9.17) is 9.84 Å². The highest BCUT2D eigenvalue weighted by Gasteiger charge is 2.33. The molecule has 0 saturated carbocycles. The van der Waals surface area contributed by atoms with Crippen LogP contribution < -0.4 is 10.1 Å². The number of aliphatic carboxylic acids is 1. The number of pyridine rings is 1. The lowest BCUT2D eigenvalue weighted by atomic mass is 9.85. The Hall–Kier alpha value is -2.89. The first-order chi connectivity index (χ1) is 12.7. The summed E-state index contributed by atoms with van der Waals surface area (Å²) in [6.45, 7) is 7.75. The zero-order valence-electron chi connectivity index (χ0n) is 16.2. The summed E-state index contributed by atoms with van der Waals surface area (Å²) in [5.74, 6) is -0.617. The maximum absolute atomic E-state index is 12.7. The molecule has 0 fully saturated rings. The van der Waals surface area contributed by atoms with Crippen molar-refractivity contribution < 1.29 is 19.4 Å². The van der Waals surface area contributed by atoms with Gasteiger partial charge in [-0.3, -0.25) is 14.6 Å². The summed E-state index contributed by atoms with van der Waals surface area (Å²) in [5, 5.41) is 12.0. The zero-order valence-corrected chi connectivity index (χ0v) is 16.2. The molecule has 0 bridgehead atoms. The Bertz CT molecular complexity index is 802. The molecule has 27 heavy (non-hydrogen) atoms. The fraction of sp³-hybridized carbons (Fsp3) is 0.381. The quantitative estimate of drug-likeness (QED) is 0.741. The Morgan fingerprint density at radius 3 is 2.59 bits per heavy atom. The first kappa shape index (κ1) is 20.4. The molecule has 6 nitrogen and oxygen atoms in total. The molecule has 0 aliphatic carbocycles. The van der Waals surface area contributed by atoms with E-state index in [1.165, 1.54) is 0 Å². The zero-order chi connectivity index (χ0) is 20.0. The molecule has 1 aromatic heterocycles. The number of amides is 1. The number of rotatable bonds is 8. The third-order valence-corrected chi connectivity index (χ3v) is 4.67. The van der Waals surface area contributed by atoms with E-state index in [1.807, 2.05) is 39.0 Å². The molecule has 1 heterocycles. The summed E-state index contributed by atoms with van der Waals surface area (Å²) >= 11 is 0. The molecule has 1 atom stereocenters. The molecular formula is C21H26N2O4. The van der Waals surface area contributed by atoms with Crippen LogP contribution in [-0.2, 0) is 11.4 Å². The minimum Gasteiger partial charge on any atom is -0.487 e. The first-order valence-electron chi connectivity index (χ1n) is 8.88. The van der Waals surface area contributed by atoms with Crippen LogP contribution in [-0.4, -0.2) is 27.5 Å². The smallest absolute Gasteiger partial charge is 0.305 e. The third kappa shape index (κ3) is 5.81. The second-order valence-corrected chi connectivity index (χ2v) is 7.22. The van der Waals surface area contributed by atoms with Crippen LogP contribution >= 0.6 is 0 Å². The van der Waals surface area contributed by atoms with Crippen molar-refractivity contribution in [1.82, 2.24) is 10.3 Å². The lowest BCUT2D eigenvalue weighted by molar-refractivity contribution is -0.138. The average molecular weight is 370 g/mol. The standard InChI is InChI=1S/C21H26N2O4/c1-14(2)21(4,11-19(24)25)23-20(26)17-7-5-6-16(10-17)13-27-18-9-8-15(3)22-12-18/h5-10,12,14H,11,13H2,1-4H3,(H,23,26)(H,24,25). The molecule has 0 saturated heterocycles. The van der Waals surface area contributed by atoms with E-state index in [9.17, 15) is 9.59 Å². The molecule has 2 rings (SSSR count). The average Bonchev–Trinajstić information content (AvgIpc) is 2.60. The SMILES string of the molecule is Cc1ccc(OCc2cccc(C(=O)NC(C)(CC(=O)O)C(C)C)c2)cn1. The van der Waals surface area contributed by atoms with Crippen LogP contribution in [0.25, 0.3) is 0 Å². The van der Waals surface area contributed by atoms with Crippen molar-refractivity contribution in [2.24, 2.45) is 5.92 Å². The second-order valence-electron chi connectivity index (χ2n) is 7.22. The summed E-state index contributed by atoms with van der Waals surface area (Å²) in [6, 6.07) is 10.8. The summed E-state index contributed by atoms with van der Waals surface area (Å²) in [5.41, 5.74) is 1.39. The topological polar surface area (TPSA) is 88.5 Å². The third-order valence-electron chi connectivity index (χ3n) is 4.67. The van der Waals surface area contributed by atoms with Crippen molar-refractivity contribution >= 4 is 11.9 Å². The van der Waals surface area contributed by atoms with Crippen LogP contribution in [0.3, 0.4) is 0 Å². The highest BCUT2D eigenvalue weighted by atomic mass is 16.5. The van der Waals surface area contributed by atoms with Gasteiger partial charge in [0, 0.05) is 11.3 Å². The molecule has 2 aromatic rings. The number of carbonyl (C=O) groups excluding carboxylic acids is 1. The Morgan fingerprint density at radius 2 is 2.00 bits per heavy atom. The van der Waals surface area contributed by atoms with Crippen molar-refractivity contribution in [3.63, 3.8) is 0 Å². The van der Waals surface area contributed by atoms with Crippen LogP contribution in [0.4, 0.5) is 0 Å². The molecule has 0 spiro atoms. The van der Waals surface area contributed by atoms with Gasteiger partial charge in [-0.1, -0.05) is 26.0 Å². The molecule has 0 aliphatic heterocycles. The number of aryl methyl sites for hydroxylation is 1. The summed E-state index contributed by atoms with van der Waals surface area (Å²) < 4.78 is 5.70. The number of hydrogen-bond acceptors (Lipinski definition) is 4. The van der Waals surface area contributed by atoms with E-state index < -0.39 is 11.5 Å². The van der Waals surface area contributed by atoms with Gasteiger partial charge in [-0.15, -0.1) is 0 Å². The van der Waals surface area contributed by atoms with Gasteiger partial charge < -0.3 is 15.2 Å². The van der Waals surface area contributed by atoms with Crippen molar-refractivity contribution in [3.05, 3.63) is 59.4 Å². The maximum Gasteiger partial charge on any atom is 0.305 e. The van der Waals surface area contributed by atoms with Gasteiger partial charge in [0.1, 0.15) is 12.4 Å². The summed E-state index contributed by atoms with van der Waals surface area (Å²) in [4.78, 5) is 28.0. The van der Waals surface area contributed by atoms with E-state index in [1.54, 1.807) is 31.3 Å². The van der Waals surface area contributed by atoms with Crippen molar-refractivity contribution in [3.8, 4) is 5.75 Å². The molecule has 1 amide bonds. The first-order valence-corrected chi connectivity index (χ1v) is 8.88. The van der Waals surface area contributed by atoms with Gasteiger partial charge in [-0.25, -0.2) is 0 Å². The van der Waals surface area contributed by atoms with Crippen molar-refractivity contribution in [1.29, 1.82) is 0 Å². The van der Waals surface area contributed by atoms with Gasteiger partial charge >= 0.3 is 5.97 Å². The highest BCUT2D eigenvalue weighted by Crippen LogP contribution is 2.22. The normalized spacial score (nSPS) is 13.1. The molecular weight excluding hydrogens is 344 g/mol. The number of carboxylic acids is 1. The molecule has 0 radical (unpaired) electrons. The minimum absolute atomic E-state index is 0.0295. The molecule has 1 aromatic carbocycles. The maximum atomic E-state index is 12.7. The number of carboxylic acid groups (broad SMARTS) is 1. The van der Waals surface area contributed by atoms with E-state index in [0.29, 0.717) is 17.9 Å². The molecule has 6 heteroatoms. The molecule has 144 valence electrons. The summed E-state index contributed by atoms with van der Waals surface area (Å²) in [6.07, 6.45) is 1.52. The minimum atomic E-state index is -0.944. The number of benzene rings is 1. The number of nitrogens with zero attached hydrogens (tertiary/aromatic N) is 1. The van der Waals surface area contributed by atoms with Gasteiger partial charge in [-0.2, -0.15) is 0 Å². The molecule has 2 N–H and O–H groups in total. The van der Waals surface area contributed by atoms with Gasteiger partial charge in [0.2, 0.25) is 0 Å². The van der Waals surface area contributed by atoms with E-state index in [-0.39, 0.29) is 18.2 Å². The van der Waals surface area contributed by atoms with Crippen molar-refractivity contribution in [2.45, 2.75) is 46.3 Å². The Labute approximate surface area is 159 Å². The van der Waals surface area contributed by atoms with Gasteiger partial charge in [0.25, 0.3) is 5.91 Å².